The maximum Gasteiger partial charge on any atom is 0.337 e. The van der Waals surface area contributed by atoms with Gasteiger partial charge in [0.15, 0.2) is 0 Å². The molecule has 2 rings (SSSR count). The second-order valence-corrected chi connectivity index (χ2v) is 6.50. The fourth-order valence-electron chi connectivity index (χ4n) is 1.99. The molecular formula is C13H16N2O3S. The Morgan fingerprint density at radius 1 is 1.53 bits per heavy atom. The number of aromatic carboxylic acids is 1. The highest BCUT2D eigenvalue weighted by molar-refractivity contribution is 8.00. The van der Waals surface area contributed by atoms with Gasteiger partial charge in [-0.25, -0.2) is 4.79 Å². The Morgan fingerprint density at radius 3 is 2.84 bits per heavy atom. The summed E-state index contributed by atoms with van der Waals surface area (Å²) < 4.78 is 0.108. The van der Waals surface area contributed by atoms with E-state index in [1.807, 2.05) is 11.8 Å². The van der Waals surface area contributed by atoms with Crippen molar-refractivity contribution in [3.8, 4) is 0 Å². The molecule has 6 heteroatoms. The van der Waals surface area contributed by atoms with Crippen molar-refractivity contribution >= 4 is 23.6 Å². The summed E-state index contributed by atoms with van der Waals surface area (Å²) in [5, 5.41) is 11.6. The fraction of sp³-hybridized carbons (Fsp3) is 0.462. The van der Waals surface area contributed by atoms with Gasteiger partial charge < -0.3 is 10.4 Å². The van der Waals surface area contributed by atoms with Crippen LogP contribution in [0.15, 0.2) is 18.3 Å². The molecule has 1 aliphatic heterocycles. The highest BCUT2D eigenvalue weighted by Gasteiger charge is 2.29. The number of amides is 1. The first-order valence-corrected chi connectivity index (χ1v) is 7.10. The third-order valence-electron chi connectivity index (χ3n) is 3.17. The lowest BCUT2D eigenvalue weighted by Gasteiger charge is -2.22. The van der Waals surface area contributed by atoms with E-state index in [1.54, 1.807) is 0 Å². The Bertz CT molecular complexity index is 481. The minimum Gasteiger partial charge on any atom is -0.478 e. The van der Waals surface area contributed by atoms with Gasteiger partial charge in [-0.3, -0.25) is 9.78 Å². The zero-order valence-corrected chi connectivity index (χ0v) is 11.5. The van der Waals surface area contributed by atoms with Crippen LogP contribution in [0, 0.1) is 0 Å². The van der Waals surface area contributed by atoms with Crippen LogP contribution in [0.5, 0.6) is 0 Å². The second-order valence-electron chi connectivity index (χ2n) is 4.82. The van der Waals surface area contributed by atoms with Crippen LogP contribution in [0.2, 0.25) is 0 Å². The number of nitrogens with one attached hydrogen (secondary N) is 1. The molecule has 1 amide bonds. The average Bonchev–Trinajstić information content (AvgIpc) is 2.83. The number of carbonyl (C=O) groups excluding carboxylic acids is 1. The van der Waals surface area contributed by atoms with Crippen molar-refractivity contribution < 1.29 is 14.7 Å². The number of rotatable bonds is 4. The summed E-state index contributed by atoms with van der Waals surface area (Å²) in [6, 6.07) is 2.82. The van der Waals surface area contributed by atoms with Gasteiger partial charge in [-0.1, -0.05) is 0 Å². The van der Waals surface area contributed by atoms with Crippen LogP contribution in [0.3, 0.4) is 0 Å². The van der Waals surface area contributed by atoms with Crippen LogP contribution < -0.4 is 5.32 Å². The van der Waals surface area contributed by atoms with E-state index in [2.05, 4.69) is 17.2 Å². The van der Waals surface area contributed by atoms with Crippen molar-refractivity contribution in [2.45, 2.75) is 24.5 Å². The lowest BCUT2D eigenvalue weighted by Crippen LogP contribution is -2.37. The number of carboxylic acids is 1. The van der Waals surface area contributed by atoms with Crippen LogP contribution in [0.25, 0.3) is 0 Å². The maximum absolute atomic E-state index is 11.9. The predicted octanol–water partition coefficient (Wildman–Crippen LogP) is 1.80. The summed E-state index contributed by atoms with van der Waals surface area (Å²) in [4.78, 5) is 26.4. The van der Waals surface area contributed by atoms with Gasteiger partial charge in [-0.2, -0.15) is 11.8 Å². The molecule has 102 valence electrons. The number of hydrogen-bond donors (Lipinski definition) is 2. The van der Waals surface area contributed by atoms with Crippen molar-refractivity contribution in [1.29, 1.82) is 0 Å². The molecule has 1 atom stereocenters. The molecule has 0 aromatic carbocycles. The topological polar surface area (TPSA) is 79.3 Å². The number of aromatic nitrogens is 1. The van der Waals surface area contributed by atoms with Crippen molar-refractivity contribution in [3.05, 3.63) is 29.6 Å². The van der Waals surface area contributed by atoms with Gasteiger partial charge in [0.1, 0.15) is 5.69 Å². The first-order chi connectivity index (χ1) is 9.00. The molecule has 1 aromatic rings. The molecule has 0 radical (unpaired) electrons. The molecule has 2 heterocycles. The molecule has 5 nitrogen and oxygen atoms in total. The van der Waals surface area contributed by atoms with Crippen molar-refractivity contribution in [1.82, 2.24) is 10.3 Å². The summed E-state index contributed by atoms with van der Waals surface area (Å²) in [6.07, 6.45) is 3.48. The highest BCUT2D eigenvalue weighted by Crippen LogP contribution is 2.36. The molecule has 1 aromatic heterocycles. The Balaban J connectivity index is 1.94. The molecule has 0 bridgehead atoms. The number of pyridine rings is 1. The lowest BCUT2D eigenvalue weighted by molar-refractivity contribution is 0.0695. The van der Waals surface area contributed by atoms with Crippen LogP contribution in [0.1, 0.15) is 40.6 Å². The summed E-state index contributed by atoms with van der Waals surface area (Å²) in [5.74, 6) is -0.169. The first-order valence-electron chi connectivity index (χ1n) is 6.12. The van der Waals surface area contributed by atoms with Crippen LogP contribution in [0.4, 0.5) is 0 Å². The molecule has 1 unspecified atom stereocenters. The zero-order chi connectivity index (χ0) is 13.9. The summed E-state index contributed by atoms with van der Waals surface area (Å²) in [6.45, 7) is 2.75. The van der Waals surface area contributed by atoms with E-state index in [4.69, 9.17) is 5.11 Å². The molecular weight excluding hydrogens is 264 g/mol. The number of carboxylic acid groups (broad SMARTS) is 1. The molecule has 2 N–H and O–H groups in total. The smallest absolute Gasteiger partial charge is 0.337 e. The van der Waals surface area contributed by atoms with Gasteiger partial charge >= 0.3 is 5.97 Å². The van der Waals surface area contributed by atoms with Gasteiger partial charge in [-0.15, -0.1) is 0 Å². The summed E-state index contributed by atoms with van der Waals surface area (Å²) in [7, 11) is 0. The summed E-state index contributed by atoms with van der Waals surface area (Å²) in [5.41, 5.74) is 0.325. The number of hydrogen-bond acceptors (Lipinski definition) is 4. The number of carbonyl (C=O) groups is 2. The van der Waals surface area contributed by atoms with E-state index in [0.29, 0.717) is 6.54 Å². The van der Waals surface area contributed by atoms with E-state index in [-0.39, 0.29) is 21.9 Å². The third-order valence-corrected chi connectivity index (χ3v) is 4.70. The lowest BCUT2D eigenvalue weighted by atomic mass is 10.1. The zero-order valence-electron chi connectivity index (χ0n) is 10.7. The molecule has 0 saturated carbocycles. The quantitative estimate of drug-likeness (QED) is 0.879. The molecule has 1 fully saturated rings. The van der Waals surface area contributed by atoms with Crippen LogP contribution in [-0.2, 0) is 0 Å². The molecule has 0 aliphatic carbocycles. The Labute approximate surface area is 115 Å². The minimum atomic E-state index is -1.05. The van der Waals surface area contributed by atoms with Gasteiger partial charge in [0.25, 0.3) is 5.91 Å². The molecule has 0 spiro atoms. The van der Waals surface area contributed by atoms with Gasteiger partial charge in [0.05, 0.1) is 5.56 Å². The van der Waals surface area contributed by atoms with E-state index in [9.17, 15) is 9.59 Å². The Morgan fingerprint density at radius 2 is 2.32 bits per heavy atom. The average molecular weight is 280 g/mol. The third kappa shape index (κ3) is 3.47. The van der Waals surface area contributed by atoms with Gasteiger partial charge in [0, 0.05) is 17.5 Å². The molecule has 1 saturated heterocycles. The van der Waals surface area contributed by atoms with Crippen LogP contribution >= 0.6 is 11.8 Å². The van der Waals surface area contributed by atoms with Crippen molar-refractivity contribution in [3.63, 3.8) is 0 Å². The van der Waals surface area contributed by atoms with E-state index in [0.717, 1.165) is 12.2 Å². The van der Waals surface area contributed by atoms with Gasteiger partial charge in [0.2, 0.25) is 0 Å². The Hall–Kier alpha value is -1.56. The van der Waals surface area contributed by atoms with Crippen molar-refractivity contribution in [2.24, 2.45) is 0 Å². The van der Waals surface area contributed by atoms with Crippen LogP contribution in [-0.4, -0.2) is 39.0 Å². The molecule has 1 aliphatic rings. The normalized spacial score (nSPS) is 22.2. The van der Waals surface area contributed by atoms with Crippen molar-refractivity contribution in [2.75, 3.05) is 12.3 Å². The second kappa shape index (κ2) is 5.61. The Kier molecular flexibility index (Phi) is 4.09. The number of thioether (sulfide) groups is 1. The first kappa shape index (κ1) is 13.9. The van der Waals surface area contributed by atoms with E-state index in [1.165, 1.54) is 24.8 Å². The maximum atomic E-state index is 11.9. The van der Waals surface area contributed by atoms with E-state index >= 15 is 0 Å². The molecule has 19 heavy (non-hydrogen) atoms. The monoisotopic (exact) mass is 280 g/mol. The number of nitrogens with zero attached hydrogens (tertiary/aromatic N) is 1. The summed E-state index contributed by atoms with van der Waals surface area (Å²) >= 11 is 1.88. The largest absolute Gasteiger partial charge is 0.478 e. The SMILES string of the molecule is CC1(CNC(=O)c2ccc(C(=O)O)cn2)CCCS1. The minimum absolute atomic E-state index is 0.0786. The highest BCUT2D eigenvalue weighted by atomic mass is 32.2. The fourth-order valence-corrected chi connectivity index (χ4v) is 3.23. The standard InChI is InChI=1S/C13H16N2O3S/c1-13(5-2-6-19-13)8-15-11(16)10-4-3-9(7-14-10)12(17)18/h3-4,7H,2,5-6,8H2,1H3,(H,15,16)(H,17,18). The van der Waals surface area contributed by atoms with E-state index < -0.39 is 5.97 Å². The van der Waals surface area contributed by atoms with Gasteiger partial charge in [-0.05, 0) is 37.7 Å². The predicted molar refractivity (Wildman–Crippen MR) is 73.6 cm³/mol.